The number of nitrogens with zero attached hydrogens (tertiary/aromatic N) is 1. The highest BCUT2D eigenvalue weighted by Gasteiger charge is 2.31. The van der Waals surface area contributed by atoms with E-state index in [0.717, 1.165) is 37.1 Å². The number of aromatic carboxylic acids is 1. The van der Waals surface area contributed by atoms with Crippen molar-refractivity contribution in [2.75, 3.05) is 11.4 Å². The van der Waals surface area contributed by atoms with Gasteiger partial charge in [-0.05, 0) is 49.9 Å². The molecular formula is C15H18N2O3. The first-order valence-electron chi connectivity index (χ1n) is 6.99. The third-order valence-corrected chi connectivity index (χ3v) is 4.03. The summed E-state index contributed by atoms with van der Waals surface area (Å²) in [4.78, 5) is 25.1. The van der Waals surface area contributed by atoms with Crippen LogP contribution < -0.4 is 10.2 Å². The maximum absolute atomic E-state index is 12.1. The Morgan fingerprint density at radius 3 is 2.80 bits per heavy atom. The van der Waals surface area contributed by atoms with E-state index in [1.54, 1.807) is 12.1 Å². The van der Waals surface area contributed by atoms with Crippen molar-refractivity contribution in [3.05, 3.63) is 29.3 Å². The van der Waals surface area contributed by atoms with Crippen molar-refractivity contribution in [1.82, 2.24) is 5.32 Å². The molecule has 0 radical (unpaired) electrons. The molecule has 0 bridgehead atoms. The molecule has 0 aromatic heterocycles. The maximum atomic E-state index is 12.1. The average Bonchev–Trinajstić information content (AvgIpc) is 3.14. The van der Waals surface area contributed by atoms with Gasteiger partial charge in [0.2, 0.25) is 5.91 Å². The third-order valence-electron chi connectivity index (χ3n) is 4.03. The number of carboxylic acid groups (broad SMARTS) is 1. The van der Waals surface area contributed by atoms with E-state index in [4.69, 9.17) is 5.11 Å². The molecule has 5 nitrogen and oxygen atoms in total. The summed E-state index contributed by atoms with van der Waals surface area (Å²) in [5, 5.41) is 12.0. The molecule has 1 heterocycles. The molecule has 2 aliphatic rings. The van der Waals surface area contributed by atoms with E-state index in [1.807, 2.05) is 13.0 Å². The molecule has 3 rings (SSSR count). The van der Waals surface area contributed by atoms with Crippen LogP contribution in [0.1, 0.15) is 35.7 Å². The summed E-state index contributed by atoms with van der Waals surface area (Å²) < 4.78 is 0. The van der Waals surface area contributed by atoms with Crippen LogP contribution in [-0.4, -0.2) is 35.6 Å². The lowest BCUT2D eigenvalue weighted by atomic mass is 10.1. The van der Waals surface area contributed by atoms with Gasteiger partial charge in [-0.1, -0.05) is 0 Å². The number of amides is 1. The Balaban J connectivity index is 1.77. The fourth-order valence-electron chi connectivity index (χ4n) is 2.65. The van der Waals surface area contributed by atoms with E-state index >= 15 is 0 Å². The Bertz CT molecular complexity index is 566. The first-order valence-corrected chi connectivity index (χ1v) is 6.99. The second-order valence-corrected chi connectivity index (χ2v) is 5.55. The Kier molecular flexibility index (Phi) is 3.12. The zero-order valence-electron chi connectivity index (χ0n) is 11.4. The van der Waals surface area contributed by atoms with Crippen molar-refractivity contribution in [1.29, 1.82) is 0 Å². The molecule has 1 atom stereocenters. The van der Waals surface area contributed by atoms with Gasteiger partial charge in [-0.15, -0.1) is 0 Å². The molecule has 0 spiro atoms. The second-order valence-electron chi connectivity index (χ2n) is 5.55. The SMILES string of the molecule is CC(C(=O)NC1CC1)N1CCc2cc(C(=O)O)ccc21. The molecule has 20 heavy (non-hydrogen) atoms. The van der Waals surface area contributed by atoms with E-state index in [0.29, 0.717) is 11.6 Å². The Hall–Kier alpha value is -2.04. The summed E-state index contributed by atoms with van der Waals surface area (Å²) in [6.07, 6.45) is 2.95. The van der Waals surface area contributed by atoms with Crippen molar-refractivity contribution in [3.63, 3.8) is 0 Å². The molecule has 1 amide bonds. The first kappa shape index (κ1) is 13.0. The van der Waals surface area contributed by atoms with Crippen LogP contribution in [0.15, 0.2) is 18.2 Å². The predicted octanol–water partition coefficient (Wildman–Crippen LogP) is 1.41. The number of carbonyl (C=O) groups excluding carboxylic acids is 1. The number of anilines is 1. The van der Waals surface area contributed by atoms with Crippen LogP contribution in [0, 0.1) is 0 Å². The number of carboxylic acids is 1. The molecule has 1 fully saturated rings. The molecule has 2 N–H and O–H groups in total. The minimum absolute atomic E-state index is 0.0580. The molecule has 1 unspecified atom stereocenters. The van der Waals surface area contributed by atoms with Crippen LogP contribution in [0.2, 0.25) is 0 Å². The number of hydrogen-bond acceptors (Lipinski definition) is 3. The molecule has 5 heteroatoms. The van der Waals surface area contributed by atoms with Gasteiger partial charge in [0.15, 0.2) is 0 Å². The third kappa shape index (κ3) is 2.35. The molecule has 1 aliphatic heterocycles. The summed E-state index contributed by atoms with van der Waals surface area (Å²) in [7, 11) is 0. The number of fused-ring (bicyclic) bond motifs is 1. The summed E-state index contributed by atoms with van der Waals surface area (Å²) in [6, 6.07) is 5.27. The fraction of sp³-hybridized carbons (Fsp3) is 0.467. The van der Waals surface area contributed by atoms with Gasteiger partial charge in [-0.25, -0.2) is 4.79 Å². The molecule has 1 saturated carbocycles. The van der Waals surface area contributed by atoms with E-state index < -0.39 is 5.97 Å². The maximum Gasteiger partial charge on any atom is 0.335 e. The van der Waals surface area contributed by atoms with Crippen LogP contribution in [0.3, 0.4) is 0 Å². The van der Waals surface area contributed by atoms with Gasteiger partial charge < -0.3 is 15.3 Å². The Morgan fingerprint density at radius 1 is 1.40 bits per heavy atom. The zero-order chi connectivity index (χ0) is 14.3. The van der Waals surface area contributed by atoms with Gasteiger partial charge >= 0.3 is 5.97 Å². The first-order chi connectivity index (χ1) is 9.56. The standard InChI is InChI=1S/C15H18N2O3/c1-9(14(18)16-12-3-4-12)17-7-6-10-8-11(15(19)20)2-5-13(10)17/h2,5,8-9,12H,3-4,6-7H2,1H3,(H,16,18)(H,19,20). The Morgan fingerprint density at radius 2 is 2.15 bits per heavy atom. The lowest BCUT2D eigenvalue weighted by Crippen LogP contribution is -2.45. The minimum Gasteiger partial charge on any atom is -0.478 e. The highest BCUT2D eigenvalue weighted by atomic mass is 16.4. The number of hydrogen-bond donors (Lipinski definition) is 2. The van der Waals surface area contributed by atoms with Crippen LogP contribution in [0.25, 0.3) is 0 Å². The van der Waals surface area contributed by atoms with Crippen molar-refractivity contribution in [2.24, 2.45) is 0 Å². The predicted molar refractivity (Wildman–Crippen MR) is 75.1 cm³/mol. The van der Waals surface area contributed by atoms with Gasteiger partial charge in [0.1, 0.15) is 6.04 Å². The van der Waals surface area contributed by atoms with E-state index in [2.05, 4.69) is 10.2 Å². The van der Waals surface area contributed by atoms with E-state index in [-0.39, 0.29) is 11.9 Å². The van der Waals surface area contributed by atoms with Crippen molar-refractivity contribution < 1.29 is 14.7 Å². The quantitative estimate of drug-likeness (QED) is 0.871. The van der Waals surface area contributed by atoms with Crippen molar-refractivity contribution in [3.8, 4) is 0 Å². The molecule has 1 aromatic carbocycles. The van der Waals surface area contributed by atoms with Gasteiger partial charge in [0.05, 0.1) is 5.56 Å². The smallest absolute Gasteiger partial charge is 0.335 e. The molecule has 1 aliphatic carbocycles. The van der Waals surface area contributed by atoms with Crippen LogP contribution in [0.4, 0.5) is 5.69 Å². The largest absolute Gasteiger partial charge is 0.478 e. The molecule has 106 valence electrons. The highest BCUT2D eigenvalue weighted by Crippen LogP contribution is 2.31. The van der Waals surface area contributed by atoms with Gasteiger partial charge in [-0.3, -0.25) is 4.79 Å². The van der Waals surface area contributed by atoms with Gasteiger partial charge in [0, 0.05) is 18.3 Å². The fourth-order valence-corrected chi connectivity index (χ4v) is 2.65. The summed E-state index contributed by atoms with van der Waals surface area (Å²) in [6.45, 7) is 2.66. The molecule has 1 aromatic rings. The van der Waals surface area contributed by atoms with E-state index in [9.17, 15) is 9.59 Å². The number of benzene rings is 1. The van der Waals surface area contributed by atoms with Crippen molar-refractivity contribution in [2.45, 2.75) is 38.3 Å². The normalized spacial score (nSPS) is 18.6. The lowest BCUT2D eigenvalue weighted by Gasteiger charge is -2.26. The summed E-state index contributed by atoms with van der Waals surface area (Å²) in [5.74, 6) is -0.853. The number of nitrogens with one attached hydrogen (secondary N) is 1. The monoisotopic (exact) mass is 274 g/mol. The second kappa shape index (κ2) is 4.81. The number of rotatable bonds is 4. The van der Waals surface area contributed by atoms with Crippen LogP contribution in [-0.2, 0) is 11.2 Å². The van der Waals surface area contributed by atoms with Gasteiger partial charge in [0.25, 0.3) is 0 Å². The molecular weight excluding hydrogens is 256 g/mol. The van der Waals surface area contributed by atoms with Crippen molar-refractivity contribution >= 4 is 17.6 Å². The lowest BCUT2D eigenvalue weighted by molar-refractivity contribution is -0.122. The number of carbonyl (C=O) groups is 2. The van der Waals surface area contributed by atoms with Gasteiger partial charge in [-0.2, -0.15) is 0 Å². The zero-order valence-corrected chi connectivity index (χ0v) is 11.4. The Labute approximate surface area is 117 Å². The summed E-state index contributed by atoms with van der Waals surface area (Å²) in [5.41, 5.74) is 2.30. The topological polar surface area (TPSA) is 69.6 Å². The molecule has 0 saturated heterocycles. The van der Waals surface area contributed by atoms with Crippen LogP contribution in [0.5, 0.6) is 0 Å². The minimum atomic E-state index is -0.911. The summed E-state index contributed by atoms with van der Waals surface area (Å²) >= 11 is 0. The van der Waals surface area contributed by atoms with E-state index in [1.165, 1.54) is 0 Å². The average molecular weight is 274 g/mol. The van der Waals surface area contributed by atoms with Crippen LogP contribution >= 0.6 is 0 Å². The highest BCUT2D eigenvalue weighted by molar-refractivity contribution is 5.90.